The Labute approximate surface area is 127 Å². The summed E-state index contributed by atoms with van der Waals surface area (Å²) in [5, 5.41) is 21.5. The number of rotatable bonds is 2. The van der Waals surface area contributed by atoms with E-state index in [1.165, 1.54) is 6.08 Å². The number of hydrogen-bond donors (Lipinski definition) is 3. The van der Waals surface area contributed by atoms with Gasteiger partial charge in [-0.2, -0.15) is 0 Å². The number of Topliss-reactive ketones (excluding diaryl/α,β-unsaturated/α-hetero) is 1. The molecule has 1 rings (SSSR count). The zero-order valence-corrected chi connectivity index (χ0v) is 14.2. The highest BCUT2D eigenvalue weighted by molar-refractivity contribution is 5.94. The van der Waals surface area contributed by atoms with E-state index in [1.54, 1.807) is 6.92 Å². The van der Waals surface area contributed by atoms with Crippen molar-refractivity contribution in [3.63, 3.8) is 0 Å². The van der Waals surface area contributed by atoms with Gasteiger partial charge in [0, 0.05) is 6.42 Å². The predicted molar refractivity (Wildman–Crippen MR) is 84.9 cm³/mol. The number of nitrogens with two attached hydrogens (primary N) is 1. The Balaban J connectivity index is 3.52. The second-order valence-electron chi connectivity index (χ2n) is 8.14. The SMILES string of the molecule is CC(N)C(=O)C1(O)C=C(C(C)(C)C)C(O)=C(C(C)(C)C)C1. The highest BCUT2D eigenvalue weighted by atomic mass is 16.3. The minimum absolute atomic E-state index is 0.0856. The van der Waals surface area contributed by atoms with Crippen LogP contribution in [0.5, 0.6) is 0 Å². The summed E-state index contributed by atoms with van der Waals surface area (Å²) in [6.07, 6.45) is 1.57. The predicted octanol–water partition coefficient (Wildman–Crippen LogP) is 2.87. The van der Waals surface area contributed by atoms with E-state index in [0.29, 0.717) is 11.1 Å². The lowest BCUT2D eigenvalue weighted by molar-refractivity contribution is -0.134. The number of carbonyl (C=O) groups is 1. The molecule has 0 aromatic heterocycles. The van der Waals surface area contributed by atoms with E-state index < -0.39 is 17.4 Å². The summed E-state index contributed by atoms with van der Waals surface area (Å²) in [5.41, 5.74) is 4.58. The molecular formula is C17H29NO3. The third-order valence-electron chi connectivity index (χ3n) is 3.92. The Morgan fingerprint density at radius 3 is 2.05 bits per heavy atom. The summed E-state index contributed by atoms with van der Waals surface area (Å²) in [6.45, 7) is 13.3. The molecule has 0 radical (unpaired) electrons. The first-order valence-electron chi connectivity index (χ1n) is 7.39. The highest BCUT2D eigenvalue weighted by Crippen LogP contribution is 2.45. The van der Waals surface area contributed by atoms with E-state index in [-0.39, 0.29) is 23.0 Å². The van der Waals surface area contributed by atoms with Gasteiger partial charge in [0.15, 0.2) is 5.78 Å². The smallest absolute Gasteiger partial charge is 0.184 e. The van der Waals surface area contributed by atoms with E-state index in [4.69, 9.17) is 5.73 Å². The number of allylic oxidation sites excluding steroid dienone is 1. The number of ketones is 1. The Kier molecular flexibility index (Phi) is 4.48. The standard InChI is InChI=1S/C17H29NO3/c1-10(18)14(20)17(21)8-11(15(2,3)4)13(19)12(9-17)16(5,6)7/h8,10,19,21H,9,18H2,1-7H3. The van der Waals surface area contributed by atoms with Crippen LogP contribution in [0.15, 0.2) is 23.0 Å². The van der Waals surface area contributed by atoms with Gasteiger partial charge in [-0.25, -0.2) is 0 Å². The zero-order chi connectivity index (χ0) is 16.8. The van der Waals surface area contributed by atoms with Crippen LogP contribution in [0.4, 0.5) is 0 Å². The van der Waals surface area contributed by atoms with Crippen molar-refractivity contribution < 1.29 is 15.0 Å². The lowest BCUT2D eigenvalue weighted by Gasteiger charge is -2.39. The lowest BCUT2D eigenvalue weighted by atomic mass is 9.68. The maximum atomic E-state index is 12.3. The molecule has 0 saturated carbocycles. The quantitative estimate of drug-likeness (QED) is 0.731. The third-order valence-corrected chi connectivity index (χ3v) is 3.92. The van der Waals surface area contributed by atoms with E-state index in [9.17, 15) is 15.0 Å². The van der Waals surface area contributed by atoms with Crippen LogP contribution in [0.25, 0.3) is 0 Å². The first-order valence-corrected chi connectivity index (χ1v) is 7.39. The fourth-order valence-corrected chi connectivity index (χ4v) is 2.62. The zero-order valence-electron chi connectivity index (χ0n) is 14.2. The summed E-state index contributed by atoms with van der Waals surface area (Å²) in [5.74, 6) is -0.226. The highest BCUT2D eigenvalue weighted by Gasteiger charge is 2.44. The van der Waals surface area contributed by atoms with Crippen molar-refractivity contribution in [2.24, 2.45) is 16.6 Å². The van der Waals surface area contributed by atoms with Crippen LogP contribution < -0.4 is 5.73 Å². The van der Waals surface area contributed by atoms with Gasteiger partial charge in [-0.3, -0.25) is 4.79 Å². The normalized spacial score (nSPS) is 25.7. The van der Waals surface area contributed by atoms with Crippen LogP contribution in [0.1, 0.15) is 54.9 Å². The summed E-state index contributed by atoms with van der Waals surface area (Å²) < 4.78 is 0. The summed E-state index contributed by atoms with van der Waals surface area (Å²) in [7, 11) is 0. The van der Waals surface area contributed by atoms with Crippen molar-refractivity contribution in [2.45, 2.75) is 66.5 Å². The van der Waals surface area contributed by atoms with Crippen LogP contribution in [-0.2, 0) is 4.79 Å². The van der Waals surface area contributed by atoms with Crippen molar-refractivity contribution in [1.82, 2.24) is 0 Å². The summed E-state index contributed by atoms with van der Waals surface area (Å²) in [4.78, 5) is 12.3. The molecule has 0 spiro atoms. The molecule has 2 atom stereocenters. The summed E-state index contributed by atoms with van der Waals surface area (Å²) in [6, 6.07) is -0.756. The summed E-state index contributed by atoms with van der Waals surface area (Å²) >= 11 is 0. The first kappa shape index (κ1) is 17.9. The molecule has 0 heterocycles. The first-order chi connectivity index (χ1) is 9.20. The van der Waals surface area contributed by atoms with Crippen molar-refractivity contribution in [3.8, 4) is 0 Å². The van der Waals surface area contributed by atoms with Crippen molar-refractivity contribution in [3.05, 3.63) is 23.0 Å². The molecule has 4 heteroatoms. The van der Waals surface area contributed by atoms with Crippen LogP contribution in [-0.4, -0.2) is 27.6 Å². The topological polar surface area (TPSA) is 83.6 Å². The van der Waals surface area contributed by atoms with Gasteiger partial charge in [-0.05, 0) is 35.0 Å². The fraction of sp³-hybridized carbons (Fsp3) is 0.706. The van der Waals surface area contributed by atoms with Gasteiger partial charge in [0.05, 0.1) is 6.04 Å². The molecule has 0 saturated heterocycles. The van der Waals surface area contributed by atoms with E-state index in [0.717, 1.165) is 0 Å². The van der Waals surface area contributed by atoms with Gasteiger partial charge in [-0.1, -0.05) is 41.5 Å². The van der Waals surface area contributed by atoms with Crippen LogP contribution in [0.2, 0.25) is 0 Å². The molecule has 0 bridgehead atoms. The molecule has 0 fully saturated rings. The molecule has 21 heavy (non-hydrogen) atoms. The Morgan fingerprint density at radius 2 is 1.71 bits per heavy atom. The molecular weight excluding hydrogens is 266 g/mol. The van der Waals surface area contributed by atoms with Gasteiger partial charge < -0.3 is 15.9 Å². The van der Waals surface area contributed by atoms with Crippen LogP contribution >= 0.6 is 0 Å². The molecule has 0 aromatic carbocycles. The average molecular weight is 295 g/mol. The van der Waals surface area contributed by atoms with Crippen LogP contribution in [0, 0.1) is 10.8 Å². The second-order valence-corrected chi connectivity index (χ2v) is 8.14. The lowest BCUT2D eigenvalue weighted by Crippen LogP contribution is -2.49. The van der Waals surface area contributed by atoms with Crippen molar-refractivity contribution >= 4 is 5.78 Å². The fourth-order valence-electron chi connectivity index (χ4n) is 2.62. The van der Waals surface area contributed by atoms with Crippen molar-refractivity contribution in [1.29, 1.82) is 0 Å². The molecule has 0 aromatic rings. The molecule has 2 unspecified atom stereocenters. The number of carbonyl (C=O) groups excluding carboxylic acids is 1. The van der Waals surface area contributed by atoms with E-state index >= 15 is 0 Å². The Hall–Kier alpha value is -1.13. The third kappa shape index (κ3) is 3.55. The number of hydrogen-bond acceptors (Lipinski definition) is 4. The minimum Gasteiger partial charge on any atom is -0.508 e. The number of aliphatic hydroxyl groups is 2. The molecule has 4 N–H and O–H groups in total. The Bertz CT molecular complexity index is 501. The molecule has 0 aliphatic heterocycles. The minimum atomic E-state index is -1.65. The van der Waals surface area contributed by atoms with Gasteiger partial charge in [0.1, 0.15) is 11.4 Å². The molecule has 120 valence electrons. The van der Waals surface area contributed by atoms with Gasteiger partial charge >= 0.3 is 0 Å². The Morgan fingerprint density at radius 1 is 1.24 bits per heavy atom. The van der Waals surface area contributed by atoms with Gasteiger partial charge in [0.2, 0.25) is 0 Å². The average Bonchev–Trinajstić information content (AvgIpc) is 2.28. The van der Waals surface area contributed by atoms with Gasteiger partial charge in [0.25, 0.3) is 0 Å². The maximum Gasteiger partial charge on any atom is 0.184 e. The van der Waals surface area contributed by atoms with Crippen LogP contribution in [0.3, 0.4) is 0 Å². The maximum absolute atomic E-state index is 12.3. The second kappa shape index (κ2) is 5.25. The number of aliphatic hydroxyl groups excluding tert-OH is 1. The molecule has 1 aliphatic rings. The van der Waals surface area contributed by atoms with E-state index in [1.807, 2.05) is 41.5 Å². The molecule has 4 nitrogen and oxygen atoms in total. The monoisotopic (exact) mass is 295 g/mol. The van der Waals surface area contributed by atoms with Crippen molar-refractivity contribution in [2.75, 3.05) is 0 Å². The largest absolute Gasteiger partial charge is 0.508 e. The molecule has 1 aliphatic carbocycles. The van der Waals surface area contributed by atoms with E-state index in [2.05, 4.69) is 0 Å². The van der Waals surface area contributed by atoms with Gasteiger partial charge in [-0.15, -0.1) is 0 Å². The molecule has 0 amide bonds.